The topological polar surface area (TPSA) is 81.4 Å². The Morgan fingerprint density at radius 1 is 1.45 bits per heavy atom. The summed E-state index contributed by atoms with van der Waals surface area (Å²) >= 11 is 0. The number of hydrogen-bond acceptors (Lipinski definition) is 6. The zero-order chi connectivity index (χ0) is 15.4. The molecule has 7 heteroatoms. The van der Waals surface area contributed by atoms with E-state index >= 15 is 0 Å². The van der Waals surface area contributed by atoms with Gasteiger partial charge in [-0.3, -0.25) is 4.79 Å². The number of hydrogen-bond donors (Lipinski definition) is 1. The van der Waals surface area contributed by atoms with Crippen molar-refractivity contribution in [2.45, 2.75) is 51.6 Å². The van der Waals surface area contributed by atoms with Crippen LogP contribution >= 0.6 is 0 Å². The Morgan fingerprint density at radius 2 is 2.27 bits per heavy atom. The molecule has 2 aromatic rings. The van der Waals surface area contributed by atoms with E-state index in [4.69, 9.17) is 4.74 Å². The van der Waals surface area contributed by atoms with Gasteiger partial charge in [0.05, 0.1) is 0 Å². The predicted octanol–water partition coefficient (Wildman–Crippen LogP) is 2.11. The monoisotopic (exact) mass is 303 g/mol. The highest BCUT2D eigenvalue weighted by atomic mass is 16.5. The standard InChI is InChI=1S/C15H21N5O2/c1-11-9-13(20-15(19-11)17-10-18-20)16-8-4-7-14(21)22-12-5-2-3-6-12/h9-10,12,16H,2-8H2,1H3. The summed E-state index contributed by atoms with van der Waals surface area (Å²) in [6, 6.07) is 1.92. The van der Waals surface area contributed by atoms with Gasteiger partial charge in [-0.2, -0.15) is 14.6 Å². The predicted molar refractivity (Wildman–Crippen MR) is 81.6 cm³/mol. The molecule has 3 rings (SSSR count). The molecule has 0 atom stereocenters. The van der Waals surface area contributed by atoms with E-state index < -0.39 is 0 Å². The van der Waals surface area contributed by atoms with E-state index in [0.29, 0.717) is 18.7 Å². The van der Waals surface area contributed by atoms with Crippen molar-refractivity contribution in [3.05, 3.63) is 18.1 Å². The molecule has 1 aliphatic carbocycles. The van der Waals surface area contributed by atoms with Crippen molar-refractivity contribution >= 4 is 17.6 Å². The van der Waals surface area contributed by atoms with E-state index in [1.165, 1.54) is 19.2 Å². The molecule has 1 aliphatic rings. The van der Waals surface area contributed by atoms with Crippen LogP contribution < -0.4 is 5.32 Å². The Bertz CT molecular complexity index is 648. The number of nitrogens with one attached hydrogen (secondary N) is 1. The molecular weight excluding hydrogens is 282 g/mol. The summed E-state index contributed by atoms with van der Waals surface area (Å²) in [6.07, 6.45) is 7.18. The van der Waals surface area contributed by atoms with Gasteiger partial charge in [0.15, 0.2) is 0 Å². The van der Waals surface area contributed by atoms with E-state index in [-0.39, 0.29) is 12.1 Å². The molecule has 0 radical (unpaired) electrons. The SMILES string of the molecule is Cc1cc(NCCCC(=O)OC2CCCC2)n2ncnc2n1. The van der Waals surface area contributed by atoms with Crippen LogP contribution in [0.2, 0.25) is 0 Å². The zero-order valence-electron chi connectivity index (χ0n) is 12.8. The van der Waals surface area contributed by atoms with Crippen LogP contribution in [0.25, 0.3) is 5.78 Å². The molecule has 1 N–H and O–H groups in total. The van der Waals surface area contributed by atoms with Gasteiger partial charge in [0.1, 0.15) is 18.2 Å². The van der Waals surface area contributed by atoms with Crippen molar-refractivity contribution in [3.63, 3.8) is 0 Å². The largest absolute Gasteiger partial charge is 0.462 e. The van der Waals surface area contributed by atoms with Crippen LogP contribution in [0.1, 0.15) is 44.2 Å². The summed E-state index contributed by atoms with van der Waals surface area (Å²) in [7, 11) is 0. The number of nitrogens with zero attached hydrogens (tertiary/aromatic N) is 4. The van der Waals surface area contributed by atoms with Crippen LogP contribution in [0.15, 0.2) is 12.4 Å². The maximum Gasteiger partial charge on any atom is 0.306 e. The second-order valence-electron chi connectivity index (χ2n) is 5.68. The van der Waals surface area contributed by atoms with Crippen LogP contribution in [0.5, 0.6) is 0 Å². The molecule has 0 saturated heterocycles. The van der Waals surface area contributed by atoms with Gasteiger partial charge in [0.25, 0.3) is 5.78 Å². The summed E-state index contributed by atoms with van der Waals surface area (Å²) in [4.78, 5) is 20.1. The van der Waals surface area contributed by atoms with Gasteiger partial charge in [0.2, 0.25) is 0 Å². The lowest BCUT2D eigenvalue weighted by Crippen LogP contribution is -2.16. The van der Waals surface area contributed by atoms with Gasteiger partial charge in [0, 0.05) is 24.7 Å². The number of fused-ring (bicyclic) bond motifs is 1. The summed E-state index contributed by atoms with van der Waals surface area (Å²) in [5.74, 6) is 1.32. The molecule has 0 aliphatic heterocycles. The average Bonchev–Trinajstić information content (AvgIpc) is 3.14. The summed E-state index contributed by atoms with van der Waals surface area (Å²) in [5.41, 5.74) is 0.878. The minimum absolute atomic E-state index is 0.0921. The molecule has 0 aromatic carbocycles. The smallest absolute Gasteiger partial charge is 0.306 e. The van der Waals surface area contributed by atoms with Gasteiger partial charge in [-0.25, -0.2) is 4.98 Å². The molecule has 2 aromatic heterocycles. The number of aryl methyl sites for hydroxylation is 1. The summed E-state index contributed by atoms with van der Waals surface area (Å²) in [5, 5.41) is 7.41. The highest BCUT2D eigenvalue weighted by Gasteiger charge is 2.18. The van der Waals surface area contributed by atoms with E-state index in [0.717, 1.165) is 30.8 Å². The molecule has 0 amide bonds. The number of rotatable bonds is 6. The maximum absolute atomic E-state index is 11.7. The molecule has 2 heterocycles. The highest BCUT2D eigenvalue weighted by Crippen LogP contribution is 2.21. The first-order chi connectivity index (χ1) is 10.7. The number of ether oxygens (including phenoxy) is 1. The highest BCUT2D eigenvalue weighted by molar-refractivity contribution is 5.69. The van der Waals surface area contributed by atoms with Crippen molar-refractivity contribution in [2.24, 2.45) is 0 Å². The lowest BCUT2D eigenvalue weighted by atomic mass is 10.3. The first-order valence-electron chi connectivity index (χ1n) is 7.83. The molecule has 0 unspecified atom stereocenters. The van der Waals surface area contributed by atoms with Crippen molar-refractivity contribution in [3.8, 4) is 0 Å². The van der Waals surface area contributed by atoms with Gasteiger partial charge < -0.3 is 10.1 Å². The van der Waals surface area contributed by atoms with Crippen LogP contribution in [0.4, 0.5) is 5.82 Å². The van der Waals surface area contributed by atoms with Gasteiger partial charge >= 0.3 is 5.97 Å². The maximum atomic E-state index is 11.7. The summed E-state index contributed by atoms with van der Waals surface area (Å²) < 4.78 is 7.09. The van der Waals surface area contributed by atoms with Crippen LogP contribution in [-0.2, 0) is 9.53 Å². The Balaban J connectivity index is 1.46. The minimum Gasteiger partial charge on any atom is -0.462 e. The second-order valence-corrected chi connectivity index (χ2v) is 5.68. The molecule has 7 nitrogen and oxygen atoms in total. The zero-order valence-corrected chi connectivity index (χ0v) is 12.8. The van der Waals surface area contributed by atoms with Gasteiger partial charge in [-0.05, 0) is 39.0 Å². The first kappa shape index (κ1) is 14.7. The van der Waals surface area contributed by atoms with Gasteiger partial charge in [-0.1, -0.05) is 0 Å². The third kappa shape index (κ3) is 3.52. The van der Waals surface area contributed by atoms with Crippen molar-refractivity contribution in [1.29, 1.82) is 0 Å². The fourth-order valence-corrected chi connectivity index (χ4v) is 2.76. The van der Waals surface area contributed by atoms with Crippen molar-refractivity contribution < 1.29 is 9.53 Å². The van der Waals surface area contributed by atoms with E-state index in [1.807, 2.05) is 13.0 Å². The molecule has 118 valence electrons. The number of carbonyl (C=O) groups excluding carboxylic acids is 1. The first-order valence-corrected chi connectivity index (χ1v) is 7.83. The van der Waals surface area contributed by atoms with Crippen LogP contribution in [-0.4, -0.2) is 38.2 Å². The Kier molecular flexibility index (Phi) is 4.50. The fourth-order valence-electron chi connectivity index (χ4n) is 2.76. The van der Waals surface area contributed by atoms with Crippen LogP contribution in [0, 0.1) is 6.92 Å². The molecule has 1 fully saturated rings. The van der Waals surface area contributed by atoms with E-state index in [1.54, 1.807) is 4.52 Å². The molecule has 0 bridgehead atoms. The lowest BCUT2D eigenvalue weighted by molar-refractivity contribution is -0.148. The van der Waals surface area contributed by atoms with Crippen molar-refractivity contribution in [1.82, 2.24) is 19.6 Å². The molecular formula is C15H21N5O2. The normalized spacial score (nSPS) is 15.3. The van der Waals surface area contributed by atoms with E-state index in [9.17, 15) is 4.79 Å². The lowest BCUT2D eigenvalue weighted by Gasteiger charge is -2.12. The van der Waals surface area contributed by atoms with E-state index in [2.05, 4.69) is 20.4 Å². The number of anilines is 1. The summed E-state index contributed by atoms with van der Waals surface area (Å²) in [6.45, 7) is 2.59. The van der Waals surface area contributed by atoms with Gasteiger partial charge in [-0.15, -0.1) is 0 Å². The van der Waals surface area contributed by atoms with Crippen LogP contribution in [0.3, 0.4) is 0 Å². The molecule has 0 spiro atoms. The second kappa shape index (κ2) is 6.72. The fraction of sp³-hybridized carbons (Fsp3) is 0.600. The number of aromatic nitrogens is 4. The Hall–Kier alpha value is -2.18. The Morgan fingerprint density at radius 3 is 3.09 bits per heavy atom. The molecule has 1 saturated carbocycles. The minimum atomic E-state index is -0.0921. The Labute approximate surface area is 129 Å². The molecule has 22 heavy (non-hydrogen) atoms. The number of esters is 1. The van der Waals surface area contributed by atoms with Crippen molar-refractivity contribution in [2.75, 3.05) is 11.9 Å². The average molecular weight is 303 g/mol. The third-order valence-electron chi connectivity index (χ3n) is 3.84. The number of carbonyl (C=O) groups is 1. The third-order valence-corrected chi connectivity index (χ3v) is 3.84. The quantitative estimate of drug-likeness (QED) is 0.650.